The van der Waals surface area contributed by atoms with Crippen LogP contribution < -0.4 is 17.0 Å². The summed E-state index contributed by atoms with van der Waals surface area (Å²) in [5, 5.41) is 11.6. The second-order valence-corrected chi connectivity index (χ2v) is 6.08. The molecule has 24 heavy (non-hydrogen) atoms. The van der Waals surface area contributed by atoms with Crippen molar-refractivity contribution in [3.8, 4) is 0 Å². The fraction of sp³-hybridized carbons (Fsp3) is 0.286. The standard InChI is InChI=1S/C14H14Cl2N4O4/c1-18-12(17)11(13(21)19(2)14(18)22)9(6-20(23)24)8-4-3-7(15)5-10(8)16/h3-5,9H,6,17H2,1-2H3/t9-/m0/s1. The second kappa shape index (κ2) is 6.66. The first kappa shape index (κ1) is 18.0. The van der Waals surface area contributed by atoms with E-state index < -0.39 is 28.6 Å². The van der Waals surface area contributed by atoms with Crippen LogP contribution in [-0.4, -0.2) is 20.6 Å². The van der Waals surface area contributed by atoms with Crippen molar-refractivity contribution in [2.24, 2.45) is 14.1 Å². The lowest BCUT2D eigenvalue weighted by molar-refractivity contribution is -0.481. The highest BCUT2D eigenvalue weighted by Gasteiger charge is 2.29. The number of rotatable bonds is 4. The Labute approximate surface area is 146 Å². The average molecular weight is 373 g/mol. The summed E-state index contributed by atoms with van der Waals surface area (Å²) >= 11 is 12.0. The van der Waals surface area contributed by atoms with Gasteiger partial charge >= 0.3 is 5.69 Å². The number of anilines is 1. The third-order valence-electron chi connectivity index (χ3n) is 3.76. The summed E-state index contributed by atoms with van der Waals surface area (Å²) in [6.45, 7) is -0.612. The number of halogens is 2. The average Bonchev–Trinajstić information content (AvgIpc) is 2.50. The van der Waals surface area contributed by atoms with Crippen LogP contribution in [0.1, 0.15) is 17.0 Å². The first-order valence-corrected chi connectivity index (χ1v) is 7.52. The molecule has 0 unspecified atom stereocenters. The van der Waals surface area contributed by atoms with Gasteiger partial charge < -0.3 is 5.73 Å². The van der Waals surface area contributed by atoms with Gasteiger partial charge in [-0.05, 0) is 17.7 Å². The quantitative estimate of drug-likeness (QED) is 0.643. The molecule has 0 aliphatic heterocycles. The molecule has 10 heteroatoms. The minimum Gasteiger partial charge on any atom is -0.385 e. The molecule has 1 aromatic carbocycles. The van der Waals surface area contributed by atoms with Crippen molar-refractivity contribution in [1.29, 1.82) is 0 Å². The third-order valence-corrected chi connectivity index (χ3v) is 4.33. The first-order valence-electron chi connectivity index (χ1n) is 6.77. The van der Waals surface area contributed by atoms with Crippen molar-refractivity contribution in [3.63, 3.8) is 0 Å². The van der Waals surface area contributed by atoms with Gasteiger partial charge in [-0.3, -0.25) is 24.0 Å². The number of hydrogen-bond donors (Lipinski definition) is 1. The van der Waals surface area contributed by atoms with Crippen molar-refractivity contribution in [2.75, 3.05) is 12.3 Å². The Morgan fingerprint density at radius 3 is 2.42 bits per heavy atom. The highest BCUT2D eigenvalue weighted by Crippen LogP contribution is 2.32. The van der Waals surface area contributed by atoms with Gasteiger partial charge in [-0.2, -0.15) is 0 Å². The van der Waals surface area contributed by atoms with Crippen LogP contribution in [0.15, 0.2) is 27.8 Å². The topological polar surface area (TPSA) is 113 Å². The lowest BCUT2D eigenvalue weighted by Crippen LogP contribution is -2.42. The molecule has 0 bridgehead atoms. The van der Waals surface area contributed by atoms with Crippen LogP contribution in [0, 0.1) is 10.1 Å². The largest absolute Gasteiger partial charge is 0.385 e. The summed E-state index contributed by atoms with van der Waals surface area (Å²) in [4.78, 5) is 35.0. The Balaban J connectivity index is 2.82. The van der Waals surface area contributed by atoms with Crippen LogP contribution in [-0.2, 0) is 14.1 Å². The van der Waals surface area contributed by atoms with Gasteiger partial charge in [0, 0.05) is 29.1 Å². The molecular weight excluding hydrogens is 359 g/mol. The molecule has 0 fully saturated rings. The number of nitrogens with zero attached hydrogens (tertiary/aromatic N) is 3. The zero-order chi connectivity index (χ0) is 18.2. The van der Waals surface area contributed by atoms with E-state index in [0.29, 0.717) is 10.6 Å². The number of nitrogens with two attached hydrogens (primary N) is 1. The van der Waals surface area contributed by atoms with E-state index in [9.17, 15) is 19.7 Å². The Hall–Kier alpha value is -2.32. The lowest BCUT2D eigenvalue weighted by Gasteiger charge is -2.19. The molecule has 2 rings (SSSR count). The molecule has 0 spiro atoms. The van der Waals surface area contributed by atoms with Crippen LogP contribution in [0.25, 0.3) is 0 Å². The molecule has 2 aromatic rings. The van der Waals surface area contributed by atoms with Crippen molar-refractivity contribution < 1.29 is 4.92 Å². The molecule has 0 aliphatic carbocycles. The Morgan fingerprint density at radius 1 is 1.25 bits per heavy atom. The van der Waals surface area contributed by atoms with Crippen molar-refractivity contribution in [2.45, 2.75) is 5.92 Å². The number of nitrogen functional groups attached to an aromatic ring is 1. The maximum absolute atomic E-state index is 12.5. The van der Waals surface area contributed by atoms with E-state index in [4.69, 9.17) is 28.9 Å². The van der Waals surface area contributed by atoms with E-state index in [1.807, 2.05) is 0 Å². The van der Waals surface area contributed by atoms with Crippen molar-refractivity contribution >= 4 is 29.0 Å². The van der Waals surface area contributed by atoms with Gasteiger partial charge in [0.25, 0.3) is 5.56 Å². The van der Waals surface area contributed by atoms with Gasteiger partial charge in [0.1, 0.15) is 5.82 Å². The van der Waals surface area contributed by atoms with E-state index in [1.54, 1.807) is 0 Å². The predicted molar refractivity (Wildman–Crippen MR) is 91.5 cm³/mol. The molecule has 0 amide bonds. The molecule has 8 nitrogen and oxygen atoms in total. The van der Waals surface area contributed by atoms with Crippen LogP contribution in [0.4, 0.5) is 5.82 Å². The van der Waals surface area contributed by atoms with E-state index in [2.05, 4.69) is 0 Å². The van der Waals surface area contributed by atoms with Gasteiger partial charge in [-0.1, -0.05) is 29.3 Å². The van der Waals surface area contributed by atoms with E-state index in [0.717, 1.165) is 9.13 Å². The Morgan fingerprint density at radius 2 is 1.88 bits per heavy atom. The number of aromatic nitrogens is 2. The summed E-state index contributed by atoms with van der Waals surface area (Å²) in [6, 6.07) is 4.44. The molecule has 1 atom stereocenters. The van der Waals surface area contributed by atoms with E-state index in [1.165, 1.54) is 32.3 Å². The van der Waals surface area contributed by atoms with Crippen LogP contribution in [0.2, 0.25) is 10.0 Å². The van der Waals surface area contributed by atoms with Crippen LogP contribution in [0.3, 0.4) is 0 Å². The number of hydrogen-bond acceptors (Lipinski definition) is 5. The summed E-state index contributed by atoms with van der Waals surface area (Å²) in [7, 11) is 2.66. The molecule has 128 valence electrons. The monoisotopic (exact) mass is 372 g/mol. The van der Waals surface area contributed by atoms with Gasteiger partial charge in [0.2, 0.25) is 6.54 Å². The first-order chi connectivity index (χ1) is 11.1. The molecule has 0 radical (unpaired) electrons. The normalized spacial score (nSPS) is 12.2. The summed E-state index contributed by atoms with van der Waals surface area (Å²) in [6.07, 6.45) is 0. The summed E-state index contributed by atoms with van der Waals surface area (Å²) in [5.74, 6) is -1.16. The van der Waals surface area contributed by atoms with Crippen molar-refractivity contribution in [3.05, 3.63) is 70.3 Å². The summed E-state index contributed by atoms with van der Waals surface area (Å²) in [5.41, 5.74) is 4.86. The van der Waals surface area contributed by atoms with Gasteiger partial charge in [-0.15, -0.1) is 0 Å². The third kappa shape index (κ3) is 3.15. The minimum atomic E-state index is -1.02. The molecule has 1 heterocycles. The maximum atomic E-state index is 12.5. The Bertz CT molecular complexity index is 936. The number of nitro groups is 1. The molecule has 0 saturated carbocycles. The predicted octanol–water partition coefficient (Wildman–Crippen LogP) is 1.38. The number of benzene rings is 1. The van der Waals surface area contributed by atoms with E-state index >= 15 is 0 Å². The zero-order valence-electron chi connectivity index (χ0n) is 12.8. The highest BCUT2D eigenvalue weighted by atomic mass is 35.5. The lowest BCUT2D eigenvalue weighted by atomic mass is 9.92. The second-order valence-electron chi connectivity index (χ2n) is 5.24. The Kier molecular flexibility index (Phi) is 5.00. The molecular formula is C14H14Cl2N4O4. The van der Waals surface area contributed by atoms with Crippen LogP contribution >= 0.6 is 23.2 Å². The molecule has 0 saturated heterocycles. The smallest absolute Gasteiger partial charge is 0.332 e. The SMILES string of the molecule is Cn1c(N)c([C@@H](C[N+](=O)[O-])c2ccc(Cl)cc2Cl)c(=O)n(C)c1=O. The zero-order valence-corrected chi connectivity index (χ0v) is 14.3. The fourth-order valence-electron chi connectivity index (χ4n) is 2.49. The maximum Gasteiger partial charge on any atom is 0.332 e. The molecule has 0 aliphatic rings. The molecule has 2 N–H and O–H groups in total. The van der Waals surface area contributed by atoms with Gasteiger partial charge in [0.15, 0.2) is 0 Å². The van der Waals surface area contributed by atoms with Gasteiger partial charge in [-0.25, -0.2) is 4.79 Å². The minimum absolute atomic E-state index is 0.0551. The van der Waals surface area contributed by atoms with Gasteiger partial charge in [0.05, 0.1) is 11.5 Å². The van der Waals surface area contributed by atoms with Crippen molar-refractivity contribution in [1.82, 2.24) is 9.13 Å². The van der Waals surface area contributed by atoms with Crippen LogP contribution in [0.5, 0.6) is 0 Å². The van der Waals surface area contributed by atoms with E-state index in [-0.39, 0.29) is 16.4 Å². The summed E-state index contributed by atoms with van der Waals surface area (Å²) < 4.78 is 1.91. The fourth-order valence-corrected chi connectivity index (χ4v) is 3.03. The molecule has 1 aromatic heterocycles. The highest BCUT2D eigenvalue weighted by molar-refractivity contribution is 6.35.